The van der Waals surface area contributed by atoms with Crippen molar-refractivity contribution in [2.45, 2.75) is 56.8 Å². The van der Waals surface area contributed by atoms with Crippen LogP contribution in [0.5, 0.6) is 0 Å². The molecule has 3 heterocycles. The van der Waals surface area contributed by atoms with Crippen LogP contribution < -0.4 is 5.32 Å². The zero-order valence-electron chi connectivity index (χ0n) is 10.9. The third kappa shape index (κ3) is 2.65. The zero-order valence-corrected chi connectivity index (χ0v) is 12.4. The minimum Gasteiger partial charge on any atom is -0.453 e. The van der Waals surface area contributed by atoms with Crippen molar-refractivity contribution in [3.63, 3.8) is 0 Å². The van der Waals surface area contributed by atoms with Gasteiger partial charge in [0.15, 0.2) is 4.67 Å². The molecule has 3 nitrogen and oxygen atoms in total. The van der Waals surface area contributed by atoms with Gasteiger partial charge in [0.05, 0.1) is 6.54 Å². The average molecular weight is 313 g/mol. The van der Waals surface area contributed by atoms with Crippen molar-refractivity contribution in [2.24, 2.45) is 0 Å². The Hall–Kier alpha value is -0.320. The van der Waals surface area contributed by atoms with E-state index in [4.69, 9.17) is 4.42 Å². The molecule has 0 aliphatic carbocycles. The summed E-state index contributed by atoms with van der Waals surface area (Å²) in [6.07, 6.45) is 6.73. The van der Waals surface area contributed by atoms with E-state index in [-0.39, 0.29) is 0 Å². The standard InChI is InChI=1S/C14H21BrN2O/c1-17-11-3-2-4-12(17)8-10(7-11)16-9-13-5-6-14(15)18-13/h5-6,10-12,16H,2-4,7-9H2,1H3. The molecule has 18 heavy (non-hydrogen) atoms. The van der Waals surface area contributed by atoms with Gasteiger partial charge in [0.25, 0.3) is 0 Å². The molecule has 1 N–H and O–H groups in total. The molecule has 2 saturated heterocycles. The van der Waals surface area contributed by atoms with Gasteiger partial charge in [0, 0.05) is 18.1 Å². The number of hydrogen-bond donors (Lipinski definition) is 1. The van der Waals surface area contributed by atoms with Crippen LogP contribution in [0.1, 0.15) is 37.9 Å². The molecule has 0 aromatic carbocycles. The quantitative estimate of drug-likeness (QED) is 0.929. The third-order valence-corrected chi connectivity index (χ3v) is 4.96. The molecule has 100 valence electrons. The van der Waals surface area contributed by atoms with Crippen molar-refractivity contribution in [2.75, 3.05) is 7.05 Å². The number of furan rings is 1. The molecule has 0 radical (unpaired) electrons. The zero-order chi connectivity index (χ0) is 12.5. The fourth-order valence-electron chi connectivity index (χ4n) is 3.47. The molecule has 1 aromatic heterocycles. The van der Waals surface area contributed by atoms with E-state index >= 15 is 0 Å². The van der Waals surface area contributed by atoms with Gasteiger partial charge in [0.2, 0.25) is 0 Å². The smallest absolute Gasteiger partial charge is 0.169 e. The molecule has 2 aliphatic heterocycles. The normalized spacial score (nSPS) is 32.7. The first kappa shape index (κ1) is 12.7. The van der Waals surface area contributed by atoms with E-state index in [0.29, 0.717) is 6.04 Å². The lowest BCUT2D eigenvalue weighted by atomic mass is 9.82. The Balaban J connectivity index is 1.55. The first-order valence-corrected chi connectivity index (χ1v) is 7.71. The highest BCUT2D eigenvalue weighted by Gasteiger charge is 2.35. The van der Waals surface area contributed by atoms with E-state index in [1.165, 1.54) is 32.1 Å². The van der Waals surface area contributed by atoms with Crippen LogP contribution >= 0.6 is 15.9 Å². The Labute approximate surface area is 117 Å². The molecule has 2 fully saturated rings. The van der Waals surface area contributed by atoms with Crippen LogP contribution in [0.2, 0.25) is 0 Å². The number of fused-ring (bicyclic) bond motifs is 2. The molecule has 2 aliphatic rings. The summed E-state index contributed by atoms with van der Waals surface area (Å²) in [5, 5.41) is 3.66. The SMILES string of the molecule is CN1C2CCCC1CC(NCc1ccc(Br)o1)C2. The van der Waals surface area contributed by atoms with Crippen LogP contribution in [-0.2, 0) is 6.54 Å². The highest BCUT2D eigenvalue weighted by molar-refractivity contribution is 9.10. The van der Waals surface area contributed by atoms with Gasteiger partial charge < -0.3 is 14.6 Å². The maximum absolute atomic E-state index is 5.53. The highest BCUT2D eigenvalue weighted by Crippen LogP contribution is 2.32. The van der Waals surface area contributed by atoms with E-state index in [9.17, 15) is 0 Å². The van der Waals surface area contributed by atoms with Gasteiger partial charge in [-0.25, -0.2) is 0 Å². The maximum atomic E-state index is 5.53. The predicted molar refractivity (Wildman–Crippen MR) is 75.5 cm³/mol. The van der Waals surface area contributed by atoms with Gasteiger partial charge in [0.1, 0.15) is 5.76 Å². The summed E-state index contributed by atoms with van der Waals surface area (Å²) in [4.78, 5) is 2.60. The van der Waals surface area contributed by atoms with Crippen LogP contribution in [-0.4, -0.2) is 30.1 Å². The van der Waals surface area contributed by atoms with Gasteiger partial charge >= 0.3 is 0 Å². The Kier molecular flexibility index (Phi) is 3.78. The molecule has 0 amide bonds. The molecule has 4 heteroatoms. The number of rotatable bonds is 3. The fraction of sp³-hybridized carbons (Fsp3) is 0.714. The van der Waals surface area contributed by atoms with E-state index in [2.05, 4.69) is 33.2 Å². The van der Waals surface area contributed by atoms with Crippen molar-refractivity contribution in [1.29, 1.82) is 0 Å². The average Bonchev–Trinajstić information content (AvgIpc) is 2.73. The monoisotopic (exact) mass is 312 g/mol. The summed E-state index contributed by atoms with van der Waals surface area (Å²) >= 11 is 3.34. The van der Waals surface area contributed by atoms with Crippen LogP contribution in [0.15, 0.2) is 21.2 Å². The molecule has 0 spiro atoms. The summed E-state index contributed by atoms with van der Waals surface area (Å²) in [5.74, 6) is 1.02. The van der Waals surface area contributed by atoms with E-state index in [1.807, 2.05) is 12.1 Å². The Morgan fingerprint density at radius 3 is 2.67 bits per heavy atom. The largest absolute Gasteiger partial charge is 0.453 e. The van der Waals surface area contributed by atoms with E-state index < -0.39 is 0 Å². The van der Waals surface area contributed by atoms with Crippen molar-refractivity contribution >= 4 is 15.9 Å². The summed E-state index contributed by atoms with van der Waals surface area (Å²) in [5.41, 5.74) is 0. The molecular formula is C14H21BrN2O. The summed E-state index contributed by atoms with van der Waals surface area (Å²) in [6, 6.07) is 6.23. The lowest BCUT2D eigenvalue weighted by molar-refractivity contribution is 0.0478. The number of piperidine rings is 2. The summed E-state index contributed by atoms with van der Waals surface area (Å²) in [6.45, 7) is 0.847. The Bertz CT molecular complexity index is 392. The lowest BCUT2D eigenvalue weighted by Gasteiger charge is -2.47. The van der Waals surface area contributed by atoms with Gasteiger partial charge in [-0.2, -0.15) is 0 Å². The summed E-state index contributed by atoms with van der Waals surface area (Å²) in [7, 11) is 2.30. The predicted octanol–water partition coefficient (Wildman–Crippen LogP) is 3.15. The van der Waals surface area contributed by atoms with Crippen molar-refractivity contribution in [3.8, 4) is 0 Å². The van der Waals surface area contributed by atoms with E-state index in [1.54, 1.807) is 0 Å². The van der Waals surface area contributed by atoms with Gasteiger partial charge in [-0.05, 0) is 60.8 Å². The van der Waals surface area contributed by atoms with Crippen LogP contribution in [0, 0.1) is 0 Å². The number of nitrogens with one attached hydrogen (secondary N) is 1. The topological polar surface area (TPSA) is 28.4 Å². The van der Waals surface area contributed by atoms with Crippen LogP contribution in [0.3, 0.4) is 0 Å². The van der Waals surface area contributed by atoms with Gasteiger partial charge in [-0.15, -0.1) is 0 Å². The second-order valence-electron chi connectivity index (χ2n) is 5.66. The summed E-state index contributed by atoms with van der Waals surface area (Å²) < 4.78 is 6.35. The molecule has 2 bridgehead atoms. The Morgan fingerprint density at radius 1 is 1.33 bits per heavy atom. The van der Waals surface area contributed by atoms with Crippen molar-refractivity contribution in [1.82, 2.24) is 10.2 Å². The fourth-order valence-corrected chi connectivity index (χ4v) is 3.81. The van der Waals surface area contributed by atoms with Gasteiger partial charge in [-0.3, -0.25) is 0 Å². The first-order valence-electron chi connectivity index (χ1n) is 6.92. The third-order valence-electron chi connectivity index (χ3n) is 4.53. The molecule has 2 unspecified atom stereocenters. The molecule has 1 aromatic rings. The number of halogens is 1. The second-order valence-corrected chi connectivity index (χ2v) is 6.44. The minimum absolute atomic E-state index is 0.653. The maximum Gasteiger partial charge on any atom is 0.169 e. The molecule has 0 saturated carbocycles. The number of hydrogen-bond acceptors (Lipinski definition) is 3. The van der Waals surface area contributed by atoms with Crippen LogP contribution in [0.25, 0.3) is 0 Å². The second kappa shape index (κ2) is 5.35. The minimum atomic E-state index is 0.653. The van der Waals surface area contributed by atoms with Crippen molar-refractivity contribution in [3.05, 3.63) is 22.6 Å². The van der Waals surface area contributed by atoms with Crippen molar-refractivity contribution < 1.29 is 4.42 Å². The number of nitrogens with zero attached hydrogens (tertiary/aromatic N) is 1. The van der Waals surface area contributed by atoms with Gasteiger partial charge in [-0.1, -0.05) is 6.42 Å². The lowest BCUT2D eigenvalue weighted by Crippen LogP contribution is -2.54. The Morgan fingerprint density at radius 2 is 2.06 bits per heavy atom. The highest BCUT2D eigenvalue weighted by atomic mass is 79.9. The molecule has 3 rings (SSSR count). The molecule has 2 atom stereocenters. The van der Waals surface area contributed by atoms with E-state index in [0.717, 1.165) is 29.1 Å². The van der Waals surface area contributed by atoms with Crippen LogP contribution in [0.4, 0.5) is 0 Å². The molecular weight excluding hydrogens is 292 g/mol. The first-order chi connectivity index (χ1) is 8.72.